The van der Waals surface area contributed by atoms with Gasteiger partial charge in [-0.15, -0.1) is 0 Å². The van der Waals surface area contributed by atoms with Crippen LogP contribution in [0.3, 0.4) is 0 Å². The molecule has 5 rings (SSSR count). The molecule has 4 atom stereocenters. The number of likely N-dealkylation sites (tertiary alicyclic amines) is 1. The van der Waals surface area contributed by atoms with Gasteiger partial charge in [0.2, 0.25) is 0 Å². The van der Waals surface area contributed by atoms with Crippen molar-refractivity contribution in [1.29, 1.82) is 0 Å². The minimum Gasteiger partial charge on any atom is -0.493 e. The maximum Gasteiger partial charge on any atom is 0.251 e. The van der Waals surface area contributed by atoms with Crippen LogP contribution in [0.15, 0.2) is 18.2 Å². The zero-order chi connectivity index (χ0) is 16.8. The van der Waals surface area contributed by atoms with Crippen LogP contribution in [0, 0.1) is 5.92 Å². The summed E-state index contributed by atoms with van der Waals surface area (Å²) < 4.78 is 11.6. The molecular weight excluding hydrogens is 316 g/mol. The minimum atomic E-state index is 0.0490. The fourth-order valence-electron chi connectivity index (χ4n) is 5.08. The summed E-state index contributed by atoms with van der Waals surface area (Å²) in [5.41, 5.74) is 1.91. The highest BCUT2D eigenvalue weighted by Crippen LogP contribution is 2.43. The maximum atomic E-state index is 12.9. The normalized spacial score (nSPS) is 33.9. The van der Waals surface area contributed by atoms with Crippen molar-refractivity contribution in [2.75, 3.05) is 26.3 Å². The summed E-state index contributed by atoms with van der Waals surface area (Å²) in [5, 5.41) is 3.34. The van der Waals surface area contributed by atoms with Crippen molar-refractivity contribution in [3.63, 3.8) is 0 Å². The molecule has 1 aliphatic carbocycles. The second-order valence-corrected chi connectivity index (χ2v) is 7.80. The highest BCUT2D eigenvalue weighted by atomic mass is 16.5. The van der Waals surface area contributed by atoms with E-state index in [1.54, 1.807) is 0 Å². The first-order chi connectivity index (χ1) is 12.3. The number of fused-ring (bicyclic) bond motifs is 2. The number of amides is 1. The van der Waals surface area contributed by atoms with Gasteiger partial charge in [0.1, 0.15) is 5.75 Å². The van der Waals surface area contributed by atoms with E-state index in [1.165, 1.54) is 12.8 Å². The fraction of sp³-hybridized carbons (Fsp3) is 0.650. The molecule has 1 aromatic rings. The molecule has 5 heteroatoms. The summed E-state index contributed by atoms with van der Waals surface area (Å²) in [6.07, 6.45) is 5.94. The number of hydrogen-bond donors (Lipinski definition) is 1. The molecule has 1 aromatic carbocycles. The standard InChI is InChI=1S/C20H26N2O3/c23-20(14-5-6-16-13(12-14)4-3-10-24-16)21-17-15-7-11-25-19(15)18(17)22-8-1-2-9-22/h5-6,12,15,17-19H,1-4,7-11H2,(H,21,23)/t15-,17+,18-,19-/m1/s1. The van der Waals surface area contributed by atoms with Crippen LogP contribution in [0.5, 0.6) is 5.75 Å². The van der Waals surface area contributed by atoms with E-state index in [9.17, 15) is 4.79 Å². The van der Waals surface area contributed by atoms with Gasteiger partial charge >= 0.3 is 0 Å². The Hall–Kier alpha value is -1.59. The van der Waals surface area contributed by atoms with Crippen molar-refractivity contribution in [2.45, 2.75) is 50.3 Å². The van der Waals surface area contributed by atoms with E-state index in [-0.39, 0.29) is 11.9 Å². The van der Waals surface area contributed by atoms with Crippen molar-refractivity contribution in [3.8, 4) is 5.75 Å². The average Bonchev–Trinajstić information content (AvgIpc) is 3.30. The van der Waals surface area contributed by atoms with Gasteiger partial charge in [-0.05, 0) is 69.0 Å². The molecule has 3 fully saturated rings. The lowest BCUT2D eigenvalue weighted by Crippen LogP contribution is -2.70. The smallest absolute Gasteiger partial charge is 0.251 e. The van der Waals surface area contributed by atoms with Crippen LogP contribution in [0.25, 0.3) is 0 Å². The number of carbonyl (C=O) groups is 1. The Morgan fingerprint density at radius 2 is 2.04 bits per heavy atom. The van der Waals surface area contributed by atoms with Crippen LogP contribution in [0.2, 0.25) is 0 Å². The van der Waals surface area contributed by atoms with Crippen molar-refractivity contribution in [2.24, 2.45) is 5.92 Å². The van der Waals surface area contributed by atoms with Crippen LogP contribution in [-0.2, 0) is 11.2 Å². The first-order valence-corrected chi connectivity index (χ1v) is 9.73. The molecule has 1 saturated carbocycles. The molecule has 0 spiro atoms. The topological polar surface area (TPSA) is 50.8 Å². The van der Waals surface area contributed by atoms with Crippen LogP contribution in [0.4, 0.5) is 0 Å². The average molecular weight is 342 g/mol. The van der Waals surface area contributed by atoms with Gasteiger partial charge in [-0.25, -0.2) is 0 Å². The largest absolute Gasteiger partial charge is 0.493 e. The number of carbonyl (C=O) groups excluding carboxylic acids is 1. The number of nitrogens with zero attached hydrogens (tertiary/aromatic N) is 1. The van der Waals surface area contributed by atoms with E-state index in [4.69, 9.17) is 9.47 Å². The quantitative estimate of drug-likeness (QED) is 0.913. The third kappa shape index (κ3) is 2.64. The van der Waals surface area contributed by atoms with Gasteiger partial charge in [0.25, 0.3) is 5.91 Å². The van der Waals surface area contributed by atoms with Crippen molar-refractivity contribution in [1.82, 2.24) is 10.2 Å². The Balaban J connectivity index is 1.32. The van der Waals surface area contributed by atoms with Gasteiger partial charge in [-0.1, -0.05) is 0 Å². The first kappa shape index (κ1) is 15.6. The molecule has 0 aromatic heterocycles. The Morgan fingerprint density at radius 1 is 1.16 bits per heavy atom. The van der Waals surface area contributed by atoms with Gasteiger partial charge in [0, 0.05) is 18.1 Å². The van der Waals surface area contributed by atoms with Gasteiger partial charge in [0.05, 0.1) is 24.8 Å². The van der Waals surface area contributed by atoms with E-state index in [0.717, 1.165) is 62.4 Å². The van der Waals surface area contributed by atoms with E-state index in [0.29, 0.717) is 18.1 Å². The Bertz CT molecular complexity index is 666. The number of nitrogens with one attached hydrogen (secondary N) is 1. The molecule has 4 aliphatic rings. The summed E-state index contributed by atoms with van der Waals surface area (Å²) in [6, 6.07) is 6.44. The van der Waals surface area contributed by atoms with E-state index in [2.05, 4.69) is 10.2 Å². The molecule has 0 bridgehead atoms. The van der Waals surface area contributed by atoms with E-state index >= 15 is 0 Å². The second-order valence-electron chi connectivity index (χ2n) is 7.80. The predicted molar refractivity (Wildman–Crippen MR) is 94.0 cm³/mol. The lowest BCUT2D eigenvalue weighted by molar-refractivity contribution is -0.0747. The third-order valence-corrected chi connectivity index (χ3v) is 6.38. The number of ether oxygens (including phenoxy) is 2. The summed E-state index contributed by atoms with van der Waals surface area (Å²) >= 11 is 0. The monoisotopic (exact) mass is 342 g/mol. The number of hydrogen-bond acceptors (Lipinski definition) is 4. The third-order valence-electron chi connectivity index (χ3n) is 6.38. The lowest BCUT2D eigenvalue weighted by Gasteiger charge is -2.51. The highest BCUT2D eigenvalue weighted by molar-refractivity contribution is 5.95. The Kier molecular flexibility index (Phi) is 3.94. The predicted octanol–water partition coefficient (Wildman–Crippen LogP) is 1.99. The number of aryl methyl sites for hydroxylation is 1. The molecule has 134 valence electrons. The van der Waals surface area contributed by atoms with E-state index < -0.39 is 0 Å². The van der Waals surface area contributed by atoms with Crippen LogP contribution in [0.1, 0.15) is 41.6 Å². The zero-order valence-electron chi connectivity index (χ0n) is 14.6. The SMILES string of the molecule is O=C(N[C@H]1[C@H]2CCO[C@H]2[C@@H]1N1CCCC1)c1ccc2c(c1)CCCO2. The lowest BCUT2D eigenvalue weighted by atomic mass is 9.70. The molecule has 5 nitrogen and oxygen atoms in total. The summed E-state index contributed by atoms with van der Waals surface area (Å²) in [4.78, 5) is 15.4. The Morgan fingerprint density at radius 3 is 2.92 bits per heavy atom. The molecule has 0 radical (unpaired) electrons. The van der Waals surface area contributed by atoms with Crippen LogP contribution >= 0.6 is 0 Å². The highest BCUT2D eigenvalue weighted by Gasteiger charge is 2.56. The van der Waals surface area contributed by atoms with Crippen LogP contribution < -0.4 is 10.1 Å². The number of benzene rings is 1. The molecule has 3 heterocycles. The van der Waals surface area contributed by atoms with Crippen LogP contribution in [-0.4, -0.2) is 55.3 Å². The van der Waals surface area contributed by atoms with Crippen molar-refractivity contribution < 1.29 is 14.3 Å². The fourth-order valence-corrected chi connectivity index (χ4v) is 5.08. The molecule has 1 N–H and O–H groups in total. The summed E-state index contributed by atoms with van der Waals surface area (Å²) in [7, 11) is 0. The molecule has 3 aliphatic heterocycles. The van der Waals surface area contributed by atoms with Gasteiger partial charge in [0.15, 0.2) is 0 Å². The van der Waals surface area contributed by atoms with Crippen molar-refractivity contribution >= 4 is 5.91 Å². The van der Waals surface area contributed by atoms with Gasteiger partial charge in [-0.2, -0.15) is 0 Å². The summed E-state index contributed by atoms with van der Waals surface area (Å²) in [5.74, 6) is 1.47. The minimum absolute atomic E-state index is 0.0490. The molecule has 2 saturated heterocycles. The maximum absolute atomic E-state index is 12.9. The molecule has 25 heavy (non-hydrogen) atoms. The zero-order valence-corrected chi connectivity index (χ0v) is 14.6. The summed E-state index contributed by atoms with van der Waals surface area (Å²) in [6.45, 7) is 3.89. The van der Waals surface area contributed by atoms with E-state index in [1.807, 2.05) is 18.2 Å². The Labute approximate surface area is 148 Å². The van der Waals surface area contributed by atoms with Gasteiger partial charge < -0.3 is 14.8 Å². The molecule has 1 amide bonds. The second kappa shape index (κ2) is 6.29. The molecule has 0 unspecified atom stereocenters. The first-order valence-electron chi connectivity index (χ1n) is 9.73. The van der Waals surface area contributed by atoms with Gasteiger partial charge in [-0.3, -0.25) is 9.69 Å². The van der Waals surface area contributed by atoms with Crippen molar-refractivity contribution in [3.05, 3.63) is 29.3 Å². The number of rotatable bonds is 3. The molecular formula is C20H26N2O3.